The van der Waals surface area contributed by atoms with Crippen molar-refractivity contribution in [3.05, 3.63) is 58.1 Å². The van der Waals surface area contributed by atoms with Crippen LogP contribution in [0, 0.1) is 0 Å². The van der Waals surface area contributed by atoms with Gasteiger partial charge in [0.25, 0.3) is 0 Å². The molecule has 1 saturated heterocycles. The molecule has 27 heavy (non-hydrogen) atoms. The molecule has 2 heterocycles. The van der Waals surface area contributed by atoms with Crippen LogP contribution in [0.2, 0.25) is 5.02 Å². The zero-order chi connectivity index (χ0) is 18.8. The number of benzene rings is 2. The molecular formula is C22H26ClN3O. The molecule has 5 heteroatoms. The summed E-state index contributed by atoms with van der Waals surface area (Å²) in [5, 5.41) is 18.1. The van der Waals surface area contributed by atoms with Crippen LogP contribution in [-0.4, -0.2) is 31.8 Å². The van der Waals surface area contributed by atoms with Crippen LogP contribution in [0.4, 0.5) is 11.4 Å². The SMILES string of the molecule is CNC(c1ccc(N2CCCCC2)cc1)c1cc(Cl)c2c(c1O)NCC=C2. The molecule has 2 aliphatic rings. The van der Waals surface area contributed by atoms with Gasteiger partial charge in [0.1, 0.15) is 5.75 Å². The first-order valence-corrected chi connectivity index (χ1v) is 10.0. The number of phenols is 1. The van der Waals surface area contributed by atoms with E-state index >= 15 is 0 Å². The summed E-state index contributed by atoms with van der Waals surface area (Å²) in [6, 6.07) is 10.4. The molecule has 1 atom stereocenters. The van der Waals surface area contributed by atoms with Crippen LogP contribution in [0.1, 0.15) is 42.0 Å². The molecule has 0 aromatic heterocycles. The Morgan fingerprint density at radius 1 is 1.15 bits per heavy atom. The van der Waals surface area contributed by atoms with Gasteiger partial charge in [-0.15, -0.1) is 0 Å². The minimum absolute atomic E-state index is 0.129. The Labute approximate surface area is 165 Å². The third-order valence-corrected chi connectivity index (χ3v) is 5.86. The fourth-order valence-corrected chi connectivity index (χ4v) is 4.38. The van der Waals surface area contributed by atoms with Gasteiger partial charge in [-0.2, -0.15) is 0 Å². The molecule has 4 rings (SSSR count). The number of hydrogen-bond acceptors (Lipinski definition) is 4. The average molecular weight is 384 g/mol. The summed E-state index contributed by atoms with van der Waals surface area (Å²) in [4.78, 5) is 2.45. The molecule has 142 valence electrons. The molecule has 0 aliphatic carbocycles. The summed E-state index contributed by atoms with van der Waals surface area (Å²) < 4.78 is 0. The summed E-state index contributed by atoms with van der Waals surface area (Å²) in [5.41, 5.74) is 4.73. The van der Waals surface area contributed by atoms with Gasteiger partial charge in [-0.1, -0.05) is 35.9 Å². The highest BCUT2D eigenvalue weighted by Gasteiger charge is 2.23. The fourth-order valence-electron chi connectivity index (χ4n) is 4.11. The van der Waals surface area contributed by atoms with Crippen molar-refractivity contribution in [1.82, 2.24) is 5.32 Å². The molecule has 0 bridgehead atoms. The zero-order valence-electron chi connectivity index (χ0n) is 15.6. The van der Waals surface area contributed by atoms with Gasteiger partial charge in [0.2, 0.25) is 0 Å². The van der Waals surface area contributed by atoms with Gasteiger partial charge in [-0.25, -0.2) is 0 Å². The average Bonchev–Trinajstić information content (AvgIpc) is 2.73. The number of piperidine rings is 1. The van der Waals surface area contributed by atoms with Gasteiger partial charge in [-0.3, -0.25) is 0 Å². The highest BCUT2D eigenvalue weighted by molar-refractivity contribution is 6.33. The molecule has 2 aromatic rings. The Hall–Kier alpha value is -2.17. The van der Waals surface area contributed by atoms with Crippen molar-refractivity contribution in [3.63, 3.8) is 0 Å². The molecule has 1 fully saturated rings. The van der Waals surface area contributed by atoms with E-state index in [1.165, 1.54) is 24.9 Å². The molecule has 3 N–H and O–H groups in total. The number of fused-ring (bicyclic) bond motifs is 1. The van der Waals surface area contributed by atoms with Crippen LogP contribution in [0.15, 0.2) is 36.4 Å². The quantitative estimate of drug-likeness (QED) is 0.665. The van der Waals surface area contributed by atoms with Crippen molar-refractivity contribution in [3.8, 4) is 5.75 Å². The molecule has 2 aromatic carbocycles. The van der Waals surface area contributed by atoms with E-state index < -0.39 is 0 Å². The lowest BCUT2D eigenvalue weighted by Gasteiger charge is -2.29. The van der Waals surface area contributed by atoms with Crippen LogP contribution in [-0.2, 0) is 0 Å². The summed E-state index contributed by atoms with van der Waals surface area (Å²) in [6.07, 6.45) is 7.83. The number of nitrogens with zero attached hydrogens (tertiary/aromatic N) is 1. The summed E-state index contributed by atoms with van der Waals surface area (Å²) in [7, 11) is 1.91. The number of anilines is 2. The van der Waals surface area contributed by atoms with Crippen molar-refractivity contribution in [2.45, 2.75) is 25.3 Å². The maximum atomic E-state index is 10.9. The minimum Gasteiger partial charge on any atom is -0.505 e. The van der Waals surface area contributed by atoms with Crippen molar-refractivity contribution >= 4 is 29.1 Å². The van der Waals surface area contributed by atoms with Crippen molar-refractivity contribution in [1.29, 1.82) is 0 Å². The highest BCUT2D eigenvalue weighted by Crippen LogP contribution is 2.42. The first-order valence-electron chi connectivity index (χ1n) is 9.67. The number of rotatable bonds is 4. The number of aromatic hydroxyl groups is 1. The van der Waals surface area contributed by atoms with E-state index in [0.29, 0.717) is 17.3 Å². The van der Waals surface area contributed by atoms with Gasteiger partial charge in [-0.05, 0) is 50.1 Å². The van der Waals surface area contributed by atoms with E-state index in [4.69, 9.17) is 11.6 Å². The Balaban J connectivity index is 1.66. The van der Waals surface area contributed by atoms with Gasteiger partial charge >= 0.3 is 0 Å². The van der Waals surface area contributed by atoms with Crippen LogP contribution in [0.25, 0.3) is 6.08 Å². The van der Waals surface area contributed by atoms with Gasteiger partial charge in [0.15, 0.2) is 0 Å². The van der Waals surface area contributed by atoms with Gasteiger partial charge < -0.3 is 20.6 Å². The Bertz CT molecular complexity index is 842. The highest BCUT2D eigenvalue weighted by atomic mass is 35.5. The van der Waals surface area contributed by atoms with Crippen LogP contribution < -0.4 is 15.5 Å². The maximum Gasteiger partial charge on any atom is 0.144 e. The van der Waals surface area contributed by atoms with E-state index in [2.05, 4.69) is 39.8 Å². The van der Waals surface area contributed by atoms with Crippen molar-refractivity contribution in [2.24, 2.45) is 0 Å². The molecule has 1 unspecified atom stereocenters. The molecule has 0 spiro atoms. The number of phenolic OH excluding ortho intramolecular Hbond substituents is 1. The van der Waals surface area contributed by atoms with E-state index in [9.17, 15) is 5.11 Å². The van der Waals surface area contributed by atoms with E-state index in [0.717, 1.165) is 29.8 Å². The molecular weight excluding hydrogens is 358 g/mol. The molecule has 4 nitrogen and oxygen atoms in total. The Morgan fingerprint density at radius 2 is 1.89 bits per heavy atom. The Kier molecular flexibility index (Phi) is 5.28. The standard InChI is InChI=1S/C22H26ClN3O/c1-24-20(15-7-9-16(10-8-15)26-12-3-2-4-13-26)18-14-19(23)17-6-5-11-25-21(17)22(18)27/h5-10,14,20,24-25,27H,2-4,11-13H2,1H3. The summed E-state index contributed by atoms with van der Waals surface area (Å²) >= 11 is 6.50. The summed E-state index contributed by atoms with van der Waals surface area (Å²) in [6.45, 7) is 2.96. The smallest absolute Gasteiger partial charge is 0.144 e. The lowest BCUT2D eigenvalue weighted by atomic mass is 9.94. The number of halogens is 1. The number of hydrogen-bond donors (Lipinski definition) is 3. The topological polar surface area (TPSA) is 47.5 Å². The lowest BCUT2D eigenvalue weighted by Crippen LogP contribution is -2.29. The second kappa shape index (κ2) is 7.83. The summed E-state index contributed by atoms with van der Waals surface area (Å²) in [5.74, 6) is 0.262. The van der Waals surface area contributed by atoms with Crippen LogP contribution >= 0.6 is 11.6 Å². The fraction of sp³-hybridized carbons (Fsp3) is 0.364. The maximum absolute atomic E-state index is 10.9. The van der Waals surface area contributed by atoms with E-state index in [1.807, 2.05) is 25.3 Å². The largest absolute Gasteiger partial charge is 0.505 e. The zero-order valence-corrected chi connectivity index (χ0v) is 16.4. The monoisotopic (exact) mass is 383 g/mol. The van der Waals surface area contributed by atoms with Crippen molar-refractivity contribution < 1.29 is 5.11 Å². The molecule has 0 amide bonds. The van der Waals surface area contributed by atoms with Crippen LogP contribution in [0.3, 0.4) is 0 Å². The van der Waals surface area contributed by atoms with E-state index in [-0.39, 0.29) is 11.8 Å². The second-order valence-corrected chi connectivity index (χ2v) is 7.64. The normalized spacial score (nSPS) is 17.3. The van der Waals surface area contributed by atoms with Crippen LogP contribution in [0.5, 0.6) is 5.75 Å². The van der Waals surface area contributed by atoms with E-state index in [1.54, 1.807) is 0 Å². The number of nitrogens with one attached hydrogen (secondary N) is 2. The second-order valence-electron chi connectivity index (χ2n) is 7.23. The lowest BCUT2D eigenvalue weighted by molar-refractivity contribution is 0.462. The third kappa shape index (κ3) is 3.52. The predicted octanol–water partition coefficient (Wildman–Crippen LogP) is 4.78. The molecule has 2 aliphatic heterocycles. The molecule has 0 radical (unpaired) electrons. The first-order chi connectivity index (χ1) is 13.2. The predicted molar refractivity (Wildman–Crippen MR) is 114 cm³/mol. The minimum atomic E-state index is -0.129. The van der Waals surface area contributed by atoms with Gasteiger partial charge in [0, 0.05) is 36.4 Å². The Morgan fingerprint density at radius 3 is 2.59 bits per heavy atom. The first kappa shape index (κ1) is 18.2. The third-order valence-electron chi connectivity index (χ3n) is 5.55. The van der Waals surface area contributed by atoms with Crippen molar-refractivity contribution in [2.75, 3.05) is 36.9 Å². The van der Waals surface area contributed by atoms with Gasteiger partial charge in [0.05, 0.1) is 16.8 Å². The molecule has 0 saturated carbocycles.